The van der Waals surface area contributed by atoms with E-state index >= 15 is 0 Å². The summed E-state index contributed by atoms with van der Waals surface area (Å²) in [6.07, 6.45) is 2.25. The van der Waals surface area contributed by atoms with Gasteiger partial charge in [-0.3, -0.25) is 19.6 Å². The Balaban J connectivity index is 2.91. The van der Waals surface area contributed by atoms with Gasteiger partial charge in [-0.2, -0.15) is 0 Å². The molecular formula is C24H40N4O4. The number of benzene rings is 1. The number of hydroxylamine groups is 2. The molecule has 0 saturated heterocycles. The monoisotopic (exact) mass is 448 g/mol. The largest absolute Gasteiger partial charge is 0.353 e. The summed E-state index contributed by atoms with van der Waals surface area (Å²) < 4.78 is 0. The van der Waals surface area contributed by atoms with E-state index in [9.17, 15) is 19.6 Å². The first-order valence-corrected chi connectivity index (χ1v) is 11.2. The molecule has 8 nitrogen and oxygen atoms in total. The van der Waals surface area contributed by atoms with Gasteiger partial charge in [-0.1, -0.05) is 51.1 Å². The number of hydrogen-bond acceptors (Lipinski definition) is 5. The zero-order chi connectivity index (χ0) is 24.3. The summed E-state index contributed by atoms with van der Waals surface area (Å²) in [7, 11) is 3.84. The first kappa shape index (κ1) is 27.6. The van der Waals surface area contributed by atoms with Gasteiger partial charge in [-0.05, 0) is 51.3 Å². The van der Waals surface area contributed by atoms with Gasteiger partial charge < -0.3 is 15.5 Å². The minimum Gasteiger partial charge on any atom is -0.353 e. The SMILES string of the molecule is CC(C(CCCc1ccccc1)C(=O)NC(C(=O)NCCN(C)C)C(C)(C)C)N(O)C=O. The predicted octanol–water partition coefficient (Wildman–Crippen LogP) is 2.07. The number of rotatable bonds is 13. The van der Waals surface area contributed by atoms with Crippen LogP contribution in [0.1, 0.15) is 46.1 Å². The van der Waals surface area contributed by atoms with Gasteiger partial charge in [0.15, 0.2) is 0 Å². The number of likely N-dealkylation sites (N-methyl/N-ethyl adjacent to an activating group) is 1. The molecule has 0 aliphatic rings. The summed E-state index contributed by atoms with van der Waals surface area (Å²) in [5, 5.41) is 16.2. The quantitative estimate of drug-likeness (QED) is 0.244. The lowest BCUT2D eigenvalue weighted by Gasteiger charge is -2.33. The van der Waals surface area contributed by atoms with Crippen molar-refractivity contribution in [2.24, 2.45) is 11.3 Å². The molecule has 0 bridgehead atoms. The van der Waals surface area contributed by atoms with Gasteiger partial charge in [0, 0.05) is 13.1 Å². The average Bonchev–Trinajstić information content (AvgIpc) is 2.73. The van der Waals surface area contributed by atoms with Crippen molar-refractivity contribution in [1.82, 2.24) is 20.6 Å². The summed E-state index contributed by atoms with van der Waals surface area (Å²) >= 11 is 0. The molecule has 3 atom stereocenters. The van der Waals surface area contributed by atoms with Crippen molar-refractivity contribution >= 4 is 18.2 Å². The van der Waals surface area contributed by atoms with Crippen LogP contribution in [0.25, 0.3) is 0 Å². The van der Waals surface area contributed by atoms with Crippen LogP contribution in [0.5, 0.6) is 0 Å². The minimum atomic E-state index is -0.746. The fraction of sp³-hybridized carbons (Fsp3) is 0.625. The second-order valence-electron chi connectivity index (χ2n) is 9.61. The van der Waals surface area contributed by atoms with E-state index in [4.69, 9.17) is 0 Å². The van der Waals surface area contributed by atoms with Crippen molar-refractivity contribution in [2.75, 3.05) is 27.2 Å². The Kier molecular flexibility index (Phi) is 11.4. The molecule has 0 aliphatic heterocycles. The van der Waals surface area contributed by atoms with Crippen LogP contribution >= 0.6 is 0 Å². The van der Waals surface area contributed by atoms with E-state index in [1.165, 1.54) is 0 Å². The van der Waals surface area contributed by atoms with Crippen molar-refractivity contribution in [3.05, 3.63) is 35.9 Å². The predicted molar refractivity (Wildman–Crippen MR) is 125 cm³/mol. The lowest BCUT2D eigenvalue weighted by atomic mass is 9.84. The molecule has 3 unspecified atom stereocenters. The second-order valence-corrected chi connectivity index (χ2v) is 9.61. The fourth-order valence-electron chi connectivity index (χ4n) is 3.47. The topological polar surface area (TPSA) is 102 Å². The van der Waals surface area contributed by atoms with Crippen LogP contribution in [-0.2, 0) is 20.8 Å². The molecule has 1 aromatic rings. The highest BCUT2D eigenvalue weighted by Gasteiger charge is 2.36. The number of carbonyl (C=O) groups excluding carboxylic acids is 3. The molecule has 0 radical (unpaired) electrons. The van der Waals surface area contributed by atoms with Gasteiger partial charge in [0.25, 0.3) is 0 Å². The van der Waals surface area contributed by atoms with Gasteiger partial charge in [0.2, 0.25) is 18.2 Å². The third kappa shape index (κ3) is 9.36. The first-order chi connectivity index (χ1) is 15.0. The molecule has 3 N–H and O–H groups in total. The van der Waals surface area contributed by atoms with Crippen LogP contribution in [0.3, 0.4) is 0 Å². The molecule has 180 valence electrons. The number of carbonyl (C=O) groups is 3. The average molecular weight is 449 g/mol. The standard InChI is InChI=1S/C24H40N4O4/c1-18(28(32)17-29)20(14-10-13-19-11-8-7-9-12-19)22(30)26-21(24(2,3)4)23(31)25-15-16-27(5)6/h7-9,11-12,17-18,20-21,32H,10,13-16H2,1-6H3,(H,25,31)(H,26,30). The molecule has 0 fully saturated rings. The highest BCUT2D eigenvalue weighted by atomic mass is 16.5. The first-order valence-electron chi connectivity index (χ1n) is 11.2. The van der Waals surface area contributed by atoms with Gasteiger partial charge in [-0.25, -0.2) is 5.06 Å². The Labute approximate surface area is 192 Å². The van der Waals surface area contributed by atoms with E-state index in [1.807, 2.05) is 70.1 Å². The van der Waals surface area contributed by atoms with Crippen molar-refractivity contribution in [1.29, 1.82) is 0 Å². The minimum absolute atomic E-state index is 0.250. The number of amides is 3. The molecular weight excluding hydrogens is 408 g/mol. The maximum Gasteiger partial charge on any atom is 0.243 e. The van der Waals surface area contributed by atoms with Gasteiger partial charge in [0.05, 0.1) is 12.0 Å². The Morgan fingerprint density at radius 3 is 2.28 bits per heavy atom. The van der Waals surface area contributed by atoms with Crippen LogP contribution in [-0.4, -0.2) is 72.7 Å². The normalized spacial score (nSPS) is 14.4. The third-order valence-corrected chi connectivity index (χ3v) is 5.54. The lowest BCUT2D eigenvalue weighted by Crippen LogP contribution is -2.56. The summed E-state index contributed by atoms with van der Waals surface area (Å²) in [6.45, 7) is 8.46. The van der Waals surface area contributed by atoms with Crippen LogP contribution in [0.2, 0.25) is 0 Å². The Morgan fingerprint density at radius 2 is 1.75 bits per heavy atom. The van der Waals surface area contributed by atoms with E-state index in [0.29, 0.717) is 37.4 Å². The van der Waals surface area contributed by atoms with Crippen molar-refractivity contribution < 1.29 is 19.6 Å². The number of nitrogens with one attached hydrogen (secondary N) is 2. The molecule has 0 saturated carbocycles. The van der Waals surface area contributed by atoms with Crippen molar-refractivity contribution in [3.63, 3.8) is 0 Å². The Morgan fingerprint density at radius 1 is 1.12 bits per heavy atom. The maximum atomic E-state index is 13.2. The van der Waals surface area contributed by atoms with Gasteiger partial charge >= 0.3 is 0 Å². The molecule has 32 heavy (non-hydrogen) atoms. The fourth-order valence-corrected chi connectivity index (χ4v) is 3.47. The molecule has 8 heteroatoms. The molecule has 1 aromatic carbocycles. The number of aryl methyl sites for hydroxylation is 1. The molecule has 0 spiro atoms. The summed E-state index contributed by atoms with van der Waals surface area (Å²) in [5.74, 6) is -1.26. The van der Waals surface area contributed by atoms with Gasteiger partial charge in [-0.15, -0.1) is 0 Å². The molecule has 3 amide bonds. The maximum absolute atomic E-state index is 13.2. The highest BCUT2D eigenvalue weighted by Crippen LogP contribution is 2.23. The van der Waals surface area contributed by atoms with E-state index in [0.717, 1.165) is 12.0 Å². The molecule has 0 aromatic heterocycles. The van der Waals surface area contributed by atoms with Crippen LogP contribution in [0, 0.1) is 11.3 Å². The summed E-state index contributed by atoms with van der Waals surface area (Å²) in [6, 6.07) is 8.46. The lowest BCUT2D eigenvalue weighted by molar-refractivity contribution is -0.166. The third-order valence-electron chi connectivity index (χ3n) is 5.54. The van der Waals surface area contributed by atoms with Crippen LogP contribution < -0.4 is 10.6 Å². The van der Waals surface area contributed by atoms with E-state index in [-0.39, 0.29) is 11.8 Å². The van der Waals surface area contributed by atoms with Gasteiger partial charge in [0.1, 0.15) is 6.04 Å². The van der Waals surface area contributed by atoms with Crippen molar-refractivity contribution in [2.45, 2.75) is 59.0 Å². The van der Waals surface area contributed by atoms with E-state index in [2.05, 4.69) is 10.6 Å². The van der Waals surface area contributed by atoms with E-state index in [1.54, 1.807) is 6.92 Å². The molecule has 1 rings (SSSR count). The molecule has 0 aliphatic carbocycles. The Bertz CT molecular complexity index is 718. The second kappa shape index (κ2) is 13.2. The summed E-state index contributed by atoms with van der Waals surface area (Å²) in [4.78, 5) is 39.1. The zero-order valence-corrected chi connectivity index (χ0v) is 20.3. The van der Waals surface area contributed by atoms with E-state index < -0.39 is 23.4 Å². The zero-order valence-electron chi connectivity index (χ0n) is 20.3. The van der Waals surface area contributed by atoms with Crippen LogP contribution in [0.15, 0.2) is 30.3 Å². The number of hydrogen-bond donors (Lipinski definition) is 3. The number of nitrogens with zero attached hydrogens (tertiary/aromatic N) is 2. The van der Waals surface area contributed by atoms with Crippen molar-refractivity contribution in [3.8, 4) is 0 Å². The summed E-state index contributed by atoms with van der Waals surface area (Å²) in [5.41, 5.74) is 0.641. The smallest absolute Gasteiger partial charge is 0.243 e. The van der Waals surface area contributed by atoms with Crippen LogP contribution in [0.4, 0.5) is 0 Å². The molecule has 0 heterocycles. The highest BCUT2D eigenvalue weighted by molar-refractivity contribution is 5.89. The Hall–Kier alpha value is -2.45.